The fraction of sp³-hybridized carbons (Fsp3) is 0.545. The van der Waals surface area contributed by atoms with E-state index in [2.05, 4.69) is 11.9 Å². The van der Waals surface area contributed by atoms with Crippen LogP contribution in [-0.2, 0) is 10.3 Å². The van der Waals surface area contributed by atoms with E-state index in [1.54, 1.807) is 23.1 Å². The van der Waals surface area contributed by atoms with Gasteiger partial charge in [-0.2, -0.15) is 0 Å². The number of amides is 1. The highest BCUT2D eigenvalue weighted by molar-refractivity contribution is 7.14. The van der Waals surface area contributed by atoms with Gasteiger partial charge in [-0.15, -0.1) is 11.3 Å². The summed E-state index contributed by atoms with van der Waals surface area (Å²) in [6.07, 6.45) is 11.1. The van der Waals surface area contributed by atoms with Gasteiger partial charge in [0.05, 0.1) is 16.3 Å². The number of aliphatic hydroxyl groups is 1. The molecular formula is C33H45FN4O3S. The van der Waals surface area contributed by atoms with Gasteiger partial charge in [0, 0.05) is 49.8 Å². The predicted octanol–water partition coefficient (Wildman–Crippen LogP) is 7.36. The molecule has 1 saturated heterocycles. The molecule has 2 heterocycles. The van der Waals surface area contributed by atoms with Crippen LogP contribution in [0.25, 0.3) is 11.3 Å². The van der Waals surface area contributed by atoms with E-state index in [-0.39, 0.29) is 5.82 Å². The number of ether oxygens (including phenoxy) is 1. The third-order valence-electron chi connectivity index (χ3n) is 7.62. The number of aromatic nitrogens is 1. The van der Waals surface area contributed by atoms with Crippen LogP contribution in [-0.4, -0.2) is 58.1 Å². The molecule has 1 aliphatic heterocycles. The molecule has 1 aliphatic carbocycles. The number of benzene rings is 1. The summed E-state index contributed by atoms with van der Waals surface area (Å²) >= 11 is 1.33. The Labute approximate surface area is 253 Å². The zero-order chi connectivity index (χ0) is 30.3. The van der Waals surface area contributed by atoms with E-state index < -0.39 is 17.3 Å². The lowest BCUT2D eigenvalue weighted by atomic mass is 9.92. The Morgan fingerprint density at radius 2 is 1.95 bits per heavy atom. The number of carbonyl (C=O) groups excluding carboxylic acids is 1. The molecular weight excluding hydrogens is 551 g/mol. The van der Waals surface area contributed by atoms with Crippen LogP contribution in [0.4, 0.5) is 9.18 Å². The number of carbonyl (C=O) groups is 1. The second kappa shape index (κ2) is 14.1. The zero-order valence-corrected chi connectivity index (χ0v) is 26.2. The quantitative estimate of drug-likeness (QED) is 0.296. The molecule has 0 bridgehead atoms. The molecule has 0 atom stereocenters. The number of allylic oxidation sites excluding steroid dienone is 2. The van der Waals surface area contributed by atoms with Crippen molar-refractivity contribution in [2.45, 2.75) is 96.3 Å². The van der Waals surface area contributed by atoms with Crippen LogP contribution in [0.1, 0.15) is 88.9 Å². The summed E-state index contributed by atoms with van der Waals surface area (Å²) in [5.41, 5.74) is 0.276. The third kappa shape index (κ3) is 8.36. The highest BCUT2D eigenvalue weighted by Crippen LogP contribution is 2.40. The monoisotopic (exact) mass is 596 g/mol. The van der Waals surface area contributed by atoms with Crippen molar-refractivity contribution in [2.75, 3.05) is 19.6 Å². The van der Waals surface area contributed by atoms with E-state index in [4.69, 9.17) is 14.7 Å². The second-order valence-electron chi connectivity index (χ2n) is 12.3. The molecule has 4 rings (SSSR count). The molecule has 0 spiro atoms. The van der Waals surface area contributed by atoms with Crippen molar-refractivity contribution in [1.29, 1.82) is 0 Å². The number of piperidine rings is 1. The number of likely N-dealkylation sites (tertiary alicyclic amines) is 1. The van der Waals surface area contributed by atoms with E-state index in [1.807, 2.05) is 39.8 Å². The highest BCUT2D eigenvalue weighted by Gasteiger charge is 2.40. The summed E-state index contributed by atoms with van der Waals surface area (Å²) < 4.78 is 20.7. The Kier molecular flexibility index (Phi) is 10.7. The van der Waals surface area contributed by atoms with Crippen molar-refractivity contribution in [3.8, 4) is 11.3 Å². The number of nitrogens with zero attached hydrogens (tertiary/aromatic N) is 3. The fourth-order valence-electron chi connectivity index (χ4n) is 5.30. The topological polar surface area (TPSA) is 87.1 Å². The number of rotatable bonds is 9. The molecule has 1 saturated carbocycles. The molecule has 42 heavy (non-hydrogen) atoms. The summed E-state index contributed by atoms with van der Waals surface area (Å²) in [6, 6.07) is 7.02. The van der Waals surface area contributed by atoms with Gasteiger partial charge >= 0.3 is 6.09 Å². The Bertz CT molecular complexity index is 1300. The number of nitrogens with one attached hydrogen (secondary N) is 1. The largest absolute Gasteiger partial charge is 0.444 e. The van der Waals surface area contributed by atoms with Crippen LogP contribution >= 0.6 is 11.3 Å². The standard InChI is InChI=1S/C33H45FN4O3S/c1-6-7-17-27(36-23(2)22-35-24-13-9-8-10-14-24)29-28(25-15-11-12-16-26(25)34)37-30(42-29)33(40)18-20-38(21-19-33)31(39)41-32(3,4)5/h7,11-12,15-17,24,35,40H,2,6,8-10,13-14,18-22H2,1,3-5H3/b17-7-,36-27?. The lowest BCUT2D eigenvalue weighted by Gasteiger charge is -2.37. The van der Waals surface area contributed by atoms with Crippen LogP contribution in [0.5, 0.6) is 0 Å². The van der Waals surface area contributed by atoms with Gasteiger partial charge in [0.25, 0.3) is 0 Å². The molecule has 2 fully saturated rings. The van der Waals surface area contributed by atoms with Gasteiger partial charge < -0.3 is 20.1 Å². The van der Waals surface area contributed by atoms with E-state index in [1.165, 1.54) is 49.5 Å². The average Bonchev–Trinajstić information content (AvgIpc) is 3.40. The van der Waals surface area contributed by atoms with Gasteiger partial charge in [-0.1, -0.05) is 51.0 Å². The van der Waals surface area contributed by atoms with Crippen molar-refractivity contribution >= 4 is 23.1 Å². The van der Waals surface area contributed by atoms with Crippen LogP contribution in [0.2, 0.25) is 0 Å². The number of hydrogen-bond acceptors (Lipinski definition) is 7. The van der Waals surface area contributed by atoms with Crippen LogP contribution in [0.15, 0.2) is 53.7 Å². The minimum Gasteiger partial charge on any atom is -0.444 e. The first-order valence-corrected chi connectivity index (χ1v) is 15.9. The summed E-state index contributed by atoms with van der Waals surface area (Å²) in [5, 5.41) is 15.9. The molecule has 228 valence electrons. The van der Waals surface area contributed by atoms with Crippen molar-refractivity contribution < 1.29 is 19.0 Å². The molecule has 1 amide bonds. The maximum Gasteiger partial charge on any atom is 0.410 e. The Morgan fingerprint density at radius 3 is 2.60 bits per heavy atom. The van der Waals surface area contributed by atoms with Gasteiger partial charge in [-0.25, -0.2) is 14.2 Å². The van der Waals surface area contributed by atoms with Crippen LogP contribution in [0, 0.1) is 5.82 Å². The molecule has 9 heteroatoms. The first-order valence-electron chi connectivity index (χ1n) is 15.1. The summed E-state index contributed by atoms with van der Waals surface area (Å²) in [7, 11) is 0. The predicted molar refractivity (Wildman–Crippen MR) is 168 cm³/mol. The van der Waals surface area contributed by atoms with Gasteiger partial charge in [-0.3, -0.25) is 4.99 Å². The molecule has 2 N–H and O–H groups in total. The van der Waals surface area contributed by atoms with E-state index in [9.17, 15) is 9.90 Å². The average molecular weight is 597 g/mol. The zero-order valence-electron chi connectivity index (χ0n) is 25.4. The van der Waals surface area contributed by atoms with Crippen molar-refractivity contribution in [3.63, 3.8) is 0 Å². The Hall–Kier alpha value is -2.88. The number of hydrogen-bond donors (Lipinski definition) is 2. The summed E-state index contributed by atoms with van der Waals surface area (Å²) in [4.78, 5) is 24.7. The maximum atomic E-state index is 15.1. The first-order chi connectivity index (χ1) is 20.0. The van der Waals surface area contributed by atoms with Crippen molar-refractivity contribution in [2.24, 2.45) is 4.99 Å². The number of aliphatic imine (C=N–C) groups is 1. The highest BCUT2D eigenvalue weighted by atomic mass is 32.1. The minimum atomic E-state index is -1.26. The molecule has 1 aromatic carbocycles. The molecule has 0 radical (unpaired) electrons. The van der Waals surface area contributed by atoms with Gasteiger partial charge in [0.15, 0.2) is 0 Å². The van der Waals surface area contributed by atoms with Crippen LogP contribution in [0.3, 0.4) is 0 Å². The maximum absolute atomic E-state index is 15.1. The fourth-order valence-corrected chi connectivity index (χ4v) is 6.50. The molecule has 2 aliphatic rings. The summed E-state index contributed by atoms with van der Waals surface area (Å²) in [6.45, 7) is 13.0. The normalized spacial score (nSPS) is 18.4. The van der Waals surface area contributed by atoms with Crippen molar-refractivity contribution in [1.82, 2.24) is 15.2 Å². The van der Waals surface area contributed by atoms with E-state index >= 15 is 4.39 Å². The smallest absolute Gasteiger partial charge is 0.410 e. The molecule has 7 nitrogen and oxygen atoms in total. The van der Waals surface area contributed by atoms with E-state index in [0.29, 0.717) is 71.1 Å². The lowest BCUT2D eigenvalue weighted by Crippen LogP contribution is -2.46. The van der Waals surface area contributed by atoms with Gasteiger partial charge in [-0.05, 0) is 58.2 Å². The molecule has 0 unspecified atom stereocenters. The Morgan fingerprint density at radius 1 is 1.26 bits per heavy atom. The molecule has 2 aromatic rings. The van der Waals surface area contributed by atoms with Gasteiger partial charge in [0.2, 0.25) is 0 Å². The Balaban J connectivity index is 1.65. The SMILES string of the molecule is C=C(CNC1CCCCC1)N=C(/C=C\CC)c1sc(C2(O)CCN(C(=O)OC(C)(C)C)CC2)nc1-c1ccccc1F. The lowest BCUT2D eigenvalue weighted by molar-refractivity contribution is -0.0357. The van der Waals surface area contributed by atoms with Gasteiger partial charge in [0.1, 0.15) is 22.0 Å². The second-order valence-corrected chi connectivity index (χ2v) is 13.3. The van der Waals surface area contributed by atoms with Crippen LogP contribution < -0.4 is 5.32 Å². The first kappa shape index (κ1) is 32.0. The van der Waals surface area contributed by atoms with Crippen molar-refractivity contribution in [3.05, 3.63) is 64.4 Å². The number of thiazole rings is 1. The third-order valence-corrected chi connectivity index (χ3v) is 8.89. The van der Waals surface area contributed by atoms with E-state index in [0.717, 1.165) is 6.42 Å². The summed E-state index contributed by atoms with van der Waals surface area (Å²) in [5.74, 6) is -0.390. The minimum absolute atomic E-state index is 0.297. The molecule has 1 aromatic heterocycles. The number of halogens is 1.